The SMILES string of the molecule is CC[C@@H]1CN(CCC(=O)OC)[C@H]2C[C@@H]1[C@H](C(=O)OC)c1c2[nH]c2ccccc12. The van der Waals surface area contributed by atoms with Gasteiger partial charge in [0.05, 0.1) is 32.6 Å². The average Bonchev–Trinajstić information content (AvgIpc) is 3.12. The summed E-state index contributed by atoms with van der Waals surface area (Å²) in [6.07, 6.45) is 2.28. The molecule has 1 aromatic carbocycles. The van der Waals surface area contributed by atoms with Gasteiger partial charge in [-0.2, -0.15) is 0 Å². The van der Waals surface area contributed by atoms with Gasteiger partial charge in [-0.25, -0.2) is 0 Å². The lowest BCUT2D eigenvalue weighted by molar-refractivity contribution is -0.146. The number of benzene rings is 1. The van der Waals surface area contributed by atoms with Crippen LogP contribution in [0.5, 0.6) is 0 Å². The Morgan fingerprint density at radius 3 is 2.71 bits per heavy atom. The van der Waals surface area contributed by atoms with Crippen LogP contribution >= 0.6 is 0 Å². The number of para-hydroxylation sites is 1. The summed E-state index contributed by atoms with van der Waals surface area (Å²) in [6.45, 7) is 3.73. The highest BCUT2D eigenvalue weighted by Gasteiger charge is 2.49. The first-order chi connectivity index (χ1) is 13.6. The Morgan fingerprint density at radius 2 is 2.00 bits per heavy atom. The molecule has 0 unspecified atom stereocenters. The number of carbonyl (C=O) groups is 2. The molecule has 2 aliphatic rings. The Labute approximate surface area is 165 Å². The van der Waals surface area contributed by atoms with Gasteiger partial charge < -0.3 is 14.5 Å². The van der Waals surface area contributed by atoms with Crippen LogP contribution in [-0.4, -0.2) is 49.1 Å². The van der Waals surface area contributed by atoms with Crippen LogP contribution in [0.25, 0.3) is 10.9 Å². The van der Waals surface area contributed by atoms with E-state index in [2.05, 4.69) is 28.9 Å². The Kier molecular flexibility index (Phi) is 5.15. The molecule has 2 aromatic rings. The fraction of sp³-hybridized carbons (Fsp3) is 0.545. The first-order valence-corrected chi connectivity index (χ1v) is 10.1. The maximum absolute atomic E-state index is 12.9. The van der Waals surface area contributed by atoms with Gasteiger partial charge in [-0.3, -0.25) is 14.5 Å². The van der Waals surface area contributed by atoms with Crippen LogP contribution in [0.15, 0.2) is 24.3 Å². The van der Waals surface area contributed by atoms with Crippen LogP contribution in [0.1, 0.15) is 49.4 Å². The van der Waals surface area contributed by atoms with Crippen LogP contribution in [0, 0.1) is 11.8 Å². The van der Waals surface area contributed by atoms with Crippen LogP contribution < -0.4 is 0 Å². The molecule has 150 valence electrons. The summed E-state index contributed by atoms with van der Waals surface area (Å²) < 4.78 is 10.1. The van der Waals surface area contributed by atoms with E-state index < -0.39 is 0 Å². The number of aromatic nitrogens is 1. The minimum absolute atomic E-state index is 0.143. The molecule has 0 spiro atoms. The van der Waals surface area contributed by atoms with E-state index in [4.69, 9.17) is 9.47 Å². The summed E-state index contributed by atoms with van der Waals surface area (Å²) >= 11 is 0. The number of esters is 2. The van der Waals surface area contributed by atoms with E-state index >= 15 is 0 Å². The molecule has 1 N–H and O–H groups in total. The van der Waals surface area contributed by atoms with Gasteiger partial charge in [0, 0.05) is 29.7 Å². The van der Waals surface area contributed by atoms with E-state index in [0.29, 0.717) is 18.9 Å². The van der Waals surface area contributed by atoms with Crippen molar-refractivity contribution in [1.29, 1.82) is 0 Å². The quantitative estimate of drug-likeness (QED) is 0.800. The molecule has 1 aliphatic carbocycles. The van der Waals surface area contributed by atoms with Crippen LogP contribution in [0.2, 0.25) is 0 Å². The monoisotopic (exact) mass is 384 g/mol. The summed E-state index contributed by atoms with van der Waals surface area (Å²) in [7, 11) is 2.91. The van der Waals surface area contributed by atoms with Crippen molar-refractivity contribution < 1.29 is 19.1 Å². The van der Waals surface area contributed by atoms with Gasteiger partial charge in [0.1, 0.15) is 0 Å². The minimum Gasteiger partial charge on any atom is -0.469 e. The number of hydrogen-bond acceptors (Lipinski definition) is 5. The molecule has 28 heavy (non-hydrogen) atoms. The fourth-order valence-electron chi connectivity index (χ4n) is 5.30. The van der Waals surface area contributed by atoms with E-state index in [1.165, 1.54) is 14.2 Å². The van der Waals surface area contributed by atoms with Crippen molar-refractivity contribution in [3.63, 3.8) is 0 Å². The van der Waals surface area contributed by atoms with Gasteiger partial charge in [0.2, 0.25) is 0 Å². The number of H-pyrrole nitrogens is 1. The molecule has 0 amide bonds. The van der Waals surface area contributed by atoms with Gasteiger partial charge in [0.15, 0.2) is 0 Å². The molecule has 6 nitrogen and oxygen atoms in total. The number of piperidine rings is 1. The molecular formula is C22H28N2O4. The van der Waals surface area contributed by atoms with Crippen molar-refractivity contribution in [3.8, 4) is 0 Å². The van der Waals surface area contributed by atoms with Gasteiger partial charge in [0.25, 0.3) is 0 Å². The highest BCUT2D eigenvalue weighted by molar-refractivity contribution is 5.92. The molecule has 1 aromatic heterocycles. The number of fused-ring (bicyclic) bond motifs is 6. The number of nitrogens with zero attached hydrogens (tertiary/aromatic N) is 1. The lowest BCUT2D eigenvalue weighted by Crippen LogP contribution is -2.49. The minimum atomic E-state index is -0.236. The number of likely N-dealkylation sites (tertiary alicyclic amines) is 1. The largest absolute Gasteiger partial charge is 0.469 e. The molecule has 1 aliphatic heterocycles. The molecule has 4 rings (SSSR count). The molecule has 0 saturated carbocycles. The van der Waals surface area contributed by atoms with Gasteiger partial charge in [-0.05, 0) is 29.9 Å². The summed E-state index contributed by atoms with van der Waals surface area (Å²) in [5.74, 6) is 0.0784. The molecule has 2 heterocycles. The molecule has 1 fully saturated rings. The molecular weight excluding hydrogens is 356 g/mol. The first-order valence-electron chi connectivity index (χ1n) is 10.1. The zero-order valence-electron chi connectivity index (χ0n) is 16.7. The van der Waals surface area contributed by atoms with Crippen LogP contribution in [-0.2, 0) is 19.1 Å². The number of aromatic amines is 1. The van der Waals surface area contributed by atoms with Crippen molar-refractivity contribution >= 4 is 22.8 Å². The maximum atomic E-state index is 12.9. The normalized spacial score (nSPS) is 26.7. The Hall–Kier alpha value is -2.34. The average molecular weight is 384 g/mol. The van der Waals surface area contributed by atoms with Crippen molar-refractivity contribution in [2.45, 2.75) is 38.1 Å². The van der Waals surface area contributed by atoms with Crippen molar-refractivity contribution in [2.75, 3.05) is 27.3 Å². The molecule has 0 radical (unpaired) electrons. The highest BCUT2D eigenvalue weighted by atomic mass is 16.5. The number of methoxy groups -OCH3 is 2. The standard InChI is InChI=1S/C22H28N2O4/c1-4-13-12-24(10-9-18(25)27-2)17-11-15(13)20(22(26)28-3)19-14-7-5-6-8-16(14)23-21(17)19/h5-8,13,15,17,20,23H,4,9-12H2,1-3H3/t13-,15+,17+,20+/m1/s1. The Bertz CT molecular complexity index is 890. The highest BCUT2D eigenvalue weighted by Crippen LogP contribution is 2.53. The lowest BCUT2D eigenvalue weighted by atomic mass is 9.65. The molecule has 2 bridgehead atoms. The smallest absolute Gasteiger partial charge is 0.313 e. The summed E-state index contributed by atoms with van der Waals surface area (Å²) in [6, 6.07) is 8.35. The number of nitrogens with one attached hydrogen (secondary N) is 1. The first kappa shape index (κ1) is 19.0. The third-order valence-corrected chi connectivity index (χ3v) is 6.67. The summed E-state index contributed by atoms with van der Waals surface area (Å²) in [4.78, 5) is 30.6. The molecule has 1 saturated heterocycles. The number of ether oxygens (including phenoxy) is 2. The maximum Gasteiger partial charge on any atom is 0.313 e. The molecule has 6 heteroatoms. The van der Waals surface area contributed by atoms with E-state index in [1.807, 2.05) is 12.1 Å². The summed E-state index contributed by atoms with van der Waals surface area (Å²) in [5, 5.41) is 1.10. The summed E-state index contributed by atoms with van der Waals surface area (Å²) in [5.41, 5.74) is 3.24. The molecule has 4 atom stereocenters. The van der Waals surface area contributed by atoms with Crippen molar-refractivity contribution in [1.82, 2.24) is 9.88 Å². The van der Waals surface area contributed by atoms with Crippen LogP contribution in [0.4, 0.5) is 0 Å². The van der Waals surface area contributed by atoms with Gasteiger partial charge in [-0.1, -0.05) is 31.5 Å². The fourth-order valence-corrected chi connectivity index (χ4v) is 5.30. The van der Waals surface area contributed by atoms with Gasteiger partial charge in [-0.15, -0.1) is 0 Å². The van der Waals surface area contributed by atoms with Crippen molar-refractivity contribution in [3.05, 3.63) is 35.5 Å². The lowest BCUT2D eigenvalue weighted by Gasteiger charge is -2.49. The second kappa shape index (κ2) is 7.59. The third kappa shape index (κ3) is 3.00. The second-order valence-electron chi connectivity index (χ2n) is 7.90. The predicted octanol–water partition coefficient (Wildman–Crippen LogP) is 3.39. The van der Waals surface area contributed by atoms with E-state index in [-0.39, 0.29) is 29.8 Å². The number of carbonyl (C=O) groups excluding carboxylic acids is 2. The number of hydrogen-bond donors (Lipinski definition) is 1. The Balaban J connectivity index is 1.81. The predicted molar refractivity (Wildman–Crippen MR) is 106 cm³/mol. The van der Waals surface area contributed by atoms with E-state index in [9.17, 15) is 9.59 Å². The third-order valence-electron chi connectivity index (χ3n) is 6.67. The van der Waals surface area contributed by atoms with Crippen molar-refractivity contribution in [2.24, 2.45) is 11.8 Å². The Morgan fingerprint density at radius 1 is 1.21 bits per heavy atom. The zero-order valence-corrected chi connectivity index (χ0v) is 16.7. The van der Waals surface area contributed by atoms with E-state index in [0.717, 1.165) is 41.5 Å². The topological polar surface area (TPSA) is 71.6 Å². The van der Waals surface area contributed by atoms with Crippen LogP contribution in [0.3, 0.4) is 0 Å². The van der Waals surface area contributed by atoms with Gasteiger partial charge >= 0.3 is 11.9 Å². The van der Waals surface area contributed by atoms with E-state index in [1.54, 1.807) is 0 Å². The number of rotatable bonds is 5. The zero-order chi connectivity index (χ0) is 19.8. The second-order valence-corrected chi connectivity index (χ2v) is 7.90.